The van der Waals surface area contributed by atoms with E-state index in [0.717, 1.165) is 11.5 Å². The van der Waals surface area contributed by atoms with Gasteiger partial charge in [0.15, 0.2) is 0 Å². The molecule has 0 fully saturated rings. The predicted octanol–water partition coefficient (Wildman–Crippen LogP) is -0.509. The Morgan fingerprint density at radius 1 is 1.69 bits per heavy atom. The summed E-state index contributed by atoms with van der Waals surface area (Å²) in [5.74, 6) is -0.390. The van der Waals surface area contributed by atoms with Crippen LogP contribution >= 0.6 is 11.5 Å². The third kappa shape index (κ3) is 2.22. The van der Waals surface area contributed by atoms with E-state index in [9.17, 15) is 9.59 Å². The molecule has 70 valence electrons. The zero-order valence-corrected chi connectivity index (χ0v) is 7.72. The van der Waals surface area contributed by atoms with Crippen LogP contribution in [0.25, 0.3) is 0 Å². The van der Waals surface area contributed by atoms with Crippen LogP contribution in [0.3, 0.4) is 0 Å². The van der Waals surface area contributed by atoms with Crippen molar-refractivity contribution < 1.29 is 9.59 Å². The number of carbonyl (C=O) groups excluding carboxylic acids is 2. The third-order valence-corrected chi connectivity index (χ3v) is 2.11. The molecule has 0 aliphatic carbocycles. The van der Waals surface area contributed by atoms with Gasteiger partial charge in [-0.2, -0.15) is 0 Å². The van der Waals surface area contributed by atoms with Gasteiger partial charge in [0.25, 0.3) is 5.91 Å². The van der Waals surface area contributed by atoms with E-state index in [1.165, 1.54) is 0 Å². The molecule has 1 rings (SSSR count). The van der Waals surface area contributed by atoms with Gasteiger partial charge in [-0.25, -0.2) is 0 Å². The van der Waals surface area contributed by atoms with E-state index in [2.05, 4.69) is 20.4 Å². The Morgan fingerprint density at radius 3 is 3.08 bits per heavy atom. The third-order valence-electron chi connectivity index (χ3n) is 1.34. The zero-order chi connectivity index (χ0) is 9.68. The largest absolute Gasteiger partial charge is 0.283 e. The molecule has 0 bridgehead atoms. The van der Waals surface area contributed by atoms with E-state index < -0.39 is 0 Å². The summed E-state index contributed by atoms with van der Waals surface area (Å²) >= 11 is 1.00. The fourth-order valence-corrected chi connectivity index (χ4v) is 1.41. The summed E-state index contributed by atoms with van der Waals surface area (Å²) in [6, 6.07) is 0. The molecule has 7 heteroatoms. The van der Waals surface area contributed by atoms with E-state index >= 15 is 0 Å². The summed E-state index contributed by atoms with van der Waals surface area (Å²) in [4.78, 5) is 21.5. The highest BCUT2D eigenvalue weighted by Gasteiger charge is 2.13. The second-order valence-corrected chi connectivity index (χ2v) is 2.87. The Morgan fingerprint density at radius 2 is 2.46 bits per heavy atom. The molecule has 1 heterocycles. The number of nitrogens with one attached hydrogen (secondary N) is 2. The molecule has 0 aliphatic rings. The smallest absolute Gasteiger partial charge is 0.277 e. The van der Waals surface area contributed by atoms with E-state index in [0.29, 0.717) is 23.4 Å². The topological polar surface area (TPSA) is 84.0 Å². The fourth-order valence-electron chi connectivity index (χ4n) is 0.764. The van der Waals surface area contributed by atoms with Gasteiger partial charge in [-0.3, -0.25) is 20.4 Å². The van der Waals surface area contributed by atoms with Crippen LogP contribution in [-0.2, 0) is 11.2 Å². The minimum Gasteiger partial charge on any atom is -0.277 e. The lowest BCUT2D eigenvalue weighted by atomic mass is 10.3. The van der Waals surface area contributed by atoms with Crippen molar-refractivity contribution >= 4 is 23.8 Å². The van der Waals surface area contributed by atoms with Gasteiger partial charge < -0.3 is 0 Å². The molecule has 1 aromatic heterocycles. The first-order valence-electron chi connectivity index (χ1n) is 3.60. The number of rotatable bonds is 4. The van der Waals surface area contributed by atoms with E-state index in [1.807, 2.05) is 6.92 Å². The zero-order valence-electron chi connectivity index (χ0n) is 6.90. The number of hydrogen-bond acceptors (Lipinski definition) is 5. The minimum atomic E-state index is -0.390. The van der Waals surface area contributed by atoms with Crippen molar-refractivity contribution in [1.29, 1.82) is 0 Å². The monoisotopic (exact) mass is 200 g/mol. The second-order valence-electron chi connectivity index (χ2n) is 2.12. The highest BCUT2D eigenvalue weighted by Crippen LogP contribution is 2.09. The van der Waals surface area contributed by atoms with Gasteiger partial charge in [-0.15, -0.1) is 5.10 Å². The molecule has 0 spiro atoms. The number of aromatic nitrogens is 2. The van der Waals surface area contributed by atoms with Crippen LogP contribution in [0.5, 0.6) is 0 Å². The van der Waals surface area contributed by atoms with Gasteiger partial charge in [-0.05, 0) is 18.0 Å². The first-order valence-corrected chi connectivity index (χ1v) is 4.37. The summed E-state index contributed by atoms with van der Waals surface area (Å²) in [6.45, 7) is 1.88. The minimum absolute atomic E-state index is 0.387. The molecule has 0 atom stereocenters. The van der Waals surface area contributed by atoms with Crippen LogP contribution in [0.2, 0.25) is 0 Å². The van der Waals surface area contributed by atoms with Gasteiger partial charge >= 0.3 is 0 Å². The lowest BCUT2D eigenvalue weighted by Gasteiger charge is -1.99. The van der Waals surface area contributed by atoms with Crippen LogP contribution in [0.15, 0.2) is 0 Å². The molecule has 6 nitrogen and oxygen atoms in total. The summed E-state index contributed by atoms with van der Waals surface area (Å²) in [5, 5.41) is 3.76. The molecular formula is C6H8N4O2S. The van der Waals surface area contributed by atoms with Crippen LogP contribution in [-0.4, -0.2) is 21.9 Å². The Labute approximate surface area is 78.5 Å². The lowest BCUT2D eigenvalue weighted by molar-refractivity contribution is -0.110. The van der Waals surface area contributed by atoms with Gasteiger partial charge in [0, 0.05) is 0 Å². The van der Waals surface area contributed by atoms with Crippen molar-refractivity contribution in [3.05, 3.63) is 10.6 Å². The van der Waals surface area contributed by atoms with Crippen LogP contribution in [0.4, 0.5) is 0 Å². The SMILES string of the molecule is CCc1nnsc1C(=O)NNC=O. The maximum atomic E-state index is 11.2. The molecule has 0 saturated carbocycles. The van der Waals surface area contributed by atoms with E-state index in [4.69, 9.17) is 0 Å². The number of aryl methyl sites for hydroxylation is 1. The summed E-state index contributed by atoms with van der Waals surface area (Å²) in [5.41, 5.74) is 4.88. The Balaban J connectivity index is 2.70. The quantitative estimate of drug-likeness (QED) is 0.506. The fraction of sp³-hybridized carbons (Fsp3) is 0.333. The van der Waals surface area contributed by atoms with Crippen molar-refractivity contribution in [2.24, 2.45) is 0 Å². The molecule has 0 saturated heterocycles. The maximum absolute atomic E-state index is 11.2. The van der Waals surface area contributed by atoms with E-state index in [-0.39, 0.29) is 5.91 Å². The Hall–Kier alpha value is -1.50. The molecule has 0 aromatic carbocycles. The Bertz CT molecular complexity index is 311. The van der Waals surface area contributed by atoms with E-state index in [1.54, 1.807) is 0 Å². The first-order chi connectivity index (χ1) is 6.29. The highest BCUT2D eigenvalue weighted by atomic mass is 32.1. The molecule has 0 unspecified atom stereocenters. The molecule has 2 N–H and O–H groups in total. The van der Waals surface area contributed by atoms with Crippen molar-refractivity contribution in [3.63, 3.8) is 0 Å². The average molecular weight is 200 g/mol. The molecule has 0 radical (unpaired) electrons. The number of amides is 2. The number of nitrogens with zero attached hydrogens (tertiary/aromatic N) is 2. The number of hydrazine groups is 1. The Kier molecular flexibility index (Phi) is 3.32. The lowest BCUT2D eigenvalue weighted by Crippen LogP contribution is -2.36. The first kappa shape index (κ1) is 9.59. The van der Waals surface area contributed by atoms with Crippen molar-refractivity contribution in [1.82, 2.24) is 20.4 Å². The second kappa shape index (κ2) is 4.51. The molecule has 13 heavy (non-hydrogen) atoms. The summed E-state index contributed by atoms with van der Waals surface area (Å²) in [7, 11) is 0. The van der Waals surface area contributed by atoms with Crippen LogP contribution in [0.1, 0.15) is 22.3 Å². The van der Waals surface area contributed by atoms with Gasteiger partial charge in [0.2, 0.25) is 6.41 Å². The molecule has 1 aromatic rings. The summed E-state index contributed by atoms with van der Waals surface area (Å²) < 4.78 is 3.64. The number of hydrogen-bond donors (Lipinski definition) is 2. The standard InChI is InChI=1S/C6H8N4O2S/c1-2-4-5(13-10-8-4)6(12)9-7-3-11/h3H,2H2,1H3,(H,7,11)(H,9,12). The van der Waals surface area contributed by atoms with Crippen LogP contribution in [0, 0.1) is 0 Å². The average Bonchev–Trinajstić information content (AvgIpc) is 2.61. The van der Waals surface area contributed by atoms with Crippen molar-refractivity contribution in [3.8, 4) is 0 Å². The molecular weight excluding hydrogens is 192 g/mol. The normalized spacial score (nSPS) is 9.31. The van der Waals surface area contributed by atoms with Crippen LogP contribution < -0.4 is 10.9 Å². The van der Waals surface area contributed by atoms with Crippen molar-refractivity contribution in [2.45, 2.75) is 13.3 Å². The van der Waals surface area contributed by atoms with Gasteiger partial charge in [0.1, 0.15) is 4.88 Å². The molecule has 0 aliphatic heterocycles. The highest BCUT2D eigenvalue weighted by molar-refractivity contribution is 7.08. The van der Waals surface area contributed by atoms with Crippen molar-refractivity contribution in [2.75, 3.05) is 0 Å². The predicted molar refractivity (Wildman–Crippen MR) is 46.0 cm³/mol. The maximum Gasteiger partial charge on any atom is 0.283 e. The summed E-state index contributed by atoms with van der Waals surface area (Å²) in [6.07, 6.45) is 1.03. The van der Waals surface area contributed by atoms with Gasteiger partial charge in [-0.1, -0.05) is 11.4 Å². The van der Waals surface area contributed by atoms with Gasteiger partial charge in [0.05, 0.1) is 5.69 Å². The number of carbonyl (C=O) groups is 2. The molecule has 2 amide bonds.